The highest BCUT2D eigenvalue weighted by Crippen LogP contribution is 2.15. The van der Waals surface area contributed by atoms with Gasteiger partial charge in [0.15, 0.2) is 0 Å². The average Bonchev–Trinajstić information content (AvgIpc) is 2.17. The van der Waals surface area contributed by atoms with Gasteiger partial charge < -0.3 is 11.1 Å². The van der Waals surface area contributed by atoms with Gasteiger partial charge >= 0.3 is 0 Å². The van der Waals surface area contributed by atoms with Crippen LogP contribution in [0.1, 0.15) is 20.8 Å². The third-order valence-electron chi connectivity index (χ3n) is 2.28. The number of amides is 1. The molecule has 86 valence electrons. The number of nitrogens with two attached hydrogens (primary N) is 1. The Morgan fingerprint density at radius 2 is 2.27 bits per heavy atom. The first kappa shape index (κ1) is 14.3. The van der Waals surface area contributed by atoms with Crippen molar-refractivity contribution in [2.24, 2.45) is 11.7 Å². The Hall–Kier alpha value is -0.730. The number of rotatable bonds is 6. The highest BCUT2D eigenvalue weighted by atomic mass is 32.2. The van der Waals surface area contributed by atoms with Crippen LogP contribution in [0.4, 0.5) is 0 Å². The van der Waals surface area contributed by atoms with Gasteiger partial charge in [-0.05, 0) is 12.8 Å². The van der Waals surface area contributed by atoms with Gasteiger partial charge in [0.1, 0.15) is 5.54 Å². The van der Waals surface area contributed by atoms with Crippen molar-refractivity contribution < 1.29 is 4.79 Å². The van der Waals surface area contributed by atoms with Crippen molar-refractivity contribution in [2.45, 2.75) is 26.3 Å². The summed E-state index contributed by atoms with van der Waals surface area (Å²) in [6.45, 7) is 6.13. The van der Waals surface area contributed by atoms with Crippen molar-refractivity contribution >= 4 is 17.7 Å². The number of hydrogen-bond donors (Lipinski definition) is 2. The number of thioether (sulfide) groups is 1. The van der Waals surface area contributed by atoms with E-state index in [0.717, 1.165) is 5.75 Å². The maximum absolute atomic E-state index is 11.5. The molecule has 0 aromatic heterocycles. The van der Waals surface area contributed by atoms with Crippen LogP contribution in [0.15, 0.2) is 0 Å². The van der Waals surface area contributed by atoms with Crippen molar-refractivity contribution in [3.05, 3.63) is 0 Å². The van der Waals surface area contributed by atoms with Gasteiger partial charge in [-0.25, -0.2) is 0 Å². The Morgan fingerprint density at radius 1 is 1.67 bits per heavy atom. The molecule has 0 heterocycles. The fourth-order valence-corrected chi connectivity index (χ4v) is 1.44. The molecular weight excluding hydrogens is 210 g/mol. The minimum Gasteiger partial charge on any atom is -0.337 e. The number of carbonyl (C=O) groups is 1. The smallest absolute Gasteiger partial charge is 0.231 e. The van der Waals surface area contributed by atoms with Gasteiger partial charge in [-0.2, -0.15) is 17.0 Å². The van der Waals surface area contributed by atoms with E-state index in [1.54, 1.807) is 6.92 Å². The molecule has 3 N–H and O–H groups in total. The fraction of sp³-hybridized carbons (Fsp3) is 0.800. The van der Waals surface area contributed by atoms with E-state index in [9.17, 15) is 4.79 Å². The van der Waals surface area contributed by atoms with E-state index in [1.165, 1.54) is 11.8 Å². The summed E-state index contributed by atoms with van der Waals surface area (Å²) in [6, 6.07) is 2.13. The number of nitrogens with zero attached hydrogens (tertiary/aromatic N) is 1. The Labute approximate surface area is 95.6 Å². The van der Waals surface area contributed by atoms with Gasteiger partial charge in [0.25, 0.3) is 0 Å². The Balaban J connectivity index is 4.09. The monoisotopic (exact) mass is 229 g/mol. The Bertz CT molecular complexity index is 250. The van der Waals surface area contributed by atoms with Crippen LogP contribution in [0.3, 0.4) is 0 Å². The normalized spacial score (nSPS) is 14.4. The fourth-order valence-electron chi connectivity index (χ4n) is 0.875. The first-order chi connectivity index (χ1) is 6.96. The molecule has 1 atom stereocenters. The van der Waals surface area contributed by atoms with E-state index in [0.29, 0.717) is 12.3 Å². The molecule has 0 aliphatic rings. The minimum absolute atomic E-state index is 0.0889. The second-order valence-corrected chi connectivity index (χ2v) is 4.96. The standard InChI is InChI=1S/C10H19N3OS/c1-8(2)10(3,7-12)13-9(14)6-15-5-4-11/h8H,4-6,11H2,1-3H3,(H,13,14). The summed E-state index contributed by atoms with van der Waals surface area (Å²) >= 11 is 1.48. The zero-order valence-corrected chi connectivity index (χ0v) is 10.4. The lowest BCUT2D eigenvalue weighted by molar-refractivity contribution is -0.120. The summed E-state index contributed by atoms with van der Waals surface area (Å²) in [5.74, 6) is 1.11. The van der Waals surface area contributed by atoms with Gasteiger partial charge in [0.05, 0.1) is 11.8 Å². The van der Waals surface area contributed by atoms with Crippen molar-refractivity contribution in [1.82, 2.24) is 5.32 Å². The number of nitriles is 1. The molecule has 0 saturated carbocycles. The minimum atomic E-state index is -0.777. The van der Waals surface area contributed by atoms with Crippen LogP contribution < -0.4 is 11.1 Å². The van der Waals surface area contributed by atoms with E-state index in [2.05, 4.69) is 11.4 Å². The van der Waals surface area contributed by atoms with Gasteiger partial charge in [0, 0.05) is 12.3 Å². The Kier molecular flexibility index (Phi) is 6.37. The molecule has 0 saturated heterocycles. The molecule has 0 aromatic rings. The summed E-state index contributed by atoms with van der Waals surface area (Å²) < 4.78 is 0. The molecule has 0 aliphatic heterocycles. The molecule has 0 aromatic carbocycles. The lowest BCUT2D eigenvalue weighted by atomic mass is 9.90. The number of carbonyl (C=O) groups excluding carboxylic acids is 1. The molecule has 0 aliphatic carbocycles. The van der Waals surface area contributed by atoms with Crippen molar-refractivity contribution in [1.29, 1.82) is 5.26 Å². The molecule has 4 nitrogen and oxygen atoms in total. The third-order valence-corrected chi connectivity index (χ3v) is 3.27. The molecule has 1 amide bonds. The van der Waals surface area contributed by atoms with Crippen molar-refractivity contribution in [3.63, 3.8) is 0 Å². The predicted molar refractivity (Wildman–Crippen MR) is 63.4 cm³/mol. The molecule has 1 unspecified atom stereocenters. The first-order valence-corrected chi connectivity index (χ1v) is 6.11. The van der Waals surface area contributed by atoms with Crippen LogP contribution in [-0.4, -0.2) is 29.5 Å². The molecule has 15 heavy (non-hydrogen) atoms. The first-order valence-electron chi connectivity index (χ1n) is 4.96. The van der Waals surface area contributed by atoms with Crippen LogP contribution in [0, 0.1) is 17.2 Å². The summed E-state index contributed by atoms with van der Waals surface area (Å²) in [7, 11) is 0. The molecule has 0 spiro atoms. The quantitative estimate of drug-likeness (QED) is 0.658. The van der Waals surface area contributed by atoms with E-state index in [-0.39, 0.29) is 11.8 Å². The van der Waals surface area contributed by atoms with E-state index in [1.807, 2.05) is 13.8 Å². The maximum Gasteiger partial charge on any atom is 0.231 e. The second kappa shape index (κ2) is 6.70. The van der Waals surface area contributed by atoms with Crippen LogP contribution in [0.25, 0.3) is 0 Å². The van der Waals surface area contributed by atoms with Gasteiger partial charge in [-0.3, -0.25) is 4.79 Å². The molecule has 0 radical (unpaired) electrons. The summed E-state index contributed by atoms with van der Waals surface area (Å²) in [6.07, 6.45) is 0. The predicted octanol–water partition coefficient (Wildman–Crippen LogP) is 0.733. The van der Waals surface area contributed by atoms with Crippen LogP contribution in [0.5, 0.6) is 0 Å². The van der Waals surface area contributed by atoms with Gasteiger partial charge in [0.2, 0.25) is 5.91 Å². The largest absolute Gasteiger partial charge is 0.337 e. The lowest BCUT2D eigenvalue weighted by Gasteiger charge is -2.27. The lowest BCUT2D eigenvalue weighted by Crippen LogP contribution is -2.49. The summed E-state index contributed by atoms with van der Waals surface area (Å²) in [4.78, 5) is 11.5. The number of hydrogen-bond acceptors (Lipinski definition) is 4. The highest BCUT2D eigenvalue weighted by Gasteiger charge is 2.29. The van der Waals surface area contributed by atoms with Crippen LogP contribution in [-0.2, 0) is 4.79 Å². The molecule has 0 fully saturated rings. The second-order valence-electron chi connectivity index (χ2n) is 3.86. The Morgan fingerprint density at radius 3 is 2.67 bits per heavy atom. The highest BCUT2D eigenvalue weighted by molar-refractivity contribution is 7.99. The molecule has 0 bridgehead atoms. The van der Waals surface area contributed by atoms with Crippen molar-refractivity contribution in [3.8, 4) is 6.07 Å². The number of nitrogens with one attached hydrogen (secondary N) is 1. The average molecular weight is 229 g/mol. The molecule has 5 heteroatoms. The van der Waals surface area contributed by atoms with Crippen LogP contribution in [0.2, 0.25) is 0 Å². The zero-order valence-electron chi connectivity index (χ0n) is 9.54. The van der Waals surface area contributed by atoms with E-state index < -0.39 is 5.54 Å². The summed E-state index contributed by atoms with van der Waals surface area (Å²) in [5, 5.41) is 11.7. The summed E-state index contributed by atoms with van der Waals surface area (Å²) in [5.41, 5.74) is 4.53. The van der Waals surface area contributed by atoms with E-state index >= 15 is 0 Å². The zero-order chi connectivity index (χ0) is 11.9. The molecule has 0 rings (SSSR count). The topological polar surface area (TPSA) is 78.9 Å². The third kappa shape index (κ3) is 5.05. The maximum atomic E-state index is 11.5. The van der Waals surface area contributed by atoms with Gasteiger partial charge in [-0.1, -0.05) is 13.8 Å². The van der Waals surface area contributed by atoms with Crippen LogP contribution >= 0.6 is 11.8 Å². The SMILES string of the molecule is CC(C)C(C)(C#N)NC(=O)CSCCN. The van der Waals surface area contributed by atoms with Crippen molar-refractivity contribution in [2.75, 3.05) is 18.1 Å². The van der Waals surface area contributed by atoms with Gasteiger partial charge in [-0.15, -0.1) is 0 Å². The molecular formula is C10H19N3OS. The van der Waals surface area contributed by atoms with E-state index in [4.69, 9.17) is 11.0 Å².